The second-order valence-electron chi connectivity index (χ2n) is 6.09. The normalized spacial score (nSPS) is 10.6. The number of rotatable bonds is 6. The summed E-state index contributed by atoms with van der Waals surface area (Å²) in [5.41, 5.74) is 2.76. The molecule has 0 bridgehead atoms. The second kappa shape index (κ2) is 8.46. The van der Waals surface area contributed by atoms with Crippen molar-refractivity contribution in [2.24, 2.45) is 0 Å². The van der Waals surface area contributed by atoms with Gasteiger partial charge in [-0.25, -0.2) is 4.98 Å². The topological polar surface area (TPSA) is 60.5 Å². The quantitative estimate of drug-likeness (QED) is 0.426. The van der Waals surface area contributed by atoms with Crippen molar-refractivity contribution in [1.82, 2.24) is 4.98 Å². The molecule has 5 nitrogen and oxygen atoms in total. The van der Waals surface area contributed by atoms with E-state index in [4.69, 9.17) is 14.5 Å². The van der Waals surface area contributed by atoms with E-state index in [0.717, 1.165) is 33.2 Å². The first kappa shape index (κ1) is 19.2. The molecular weight excluding hydrogens is 404 g/mol. The molecule has 2 aromatic heterocycles. The first-order valence-electron chi connectivity index (χ1n) is 8.82. The van der Waals surface area contributed by atoms with Gasteiger partial charge in [0, 0.05) is 5.56 Å². The van der Waals surface area contributed by atoms with Gasteiger partial charge in [0.1, 0.15) is 11.5 Å². The zero-order valence-electron chi connectivity index (χ0n) is 15.8. The molecule has 0 aliphatic heterocycles. The summed E-state index contributed by atoms with van der Waals surface area (Å²) < 4.78 is 10.5. The Morgan fingerprint density at radius 2 is 1.52 bits per heavy atom. The molecule has 0 atom stereocenters. The average molecular weight is 423 g/mol. The molecule has 4 rings (SSSR count). The van der Waals surface area contributed by atoms with E-state index < -0.39 is 0 Å². The molecule has 0 aliphatic carbocycles. The predicted octanol–water partition coefficient (Wildman–Crippen LogP) is 5.81. The summed E-state index contributed by atoms with van der Waals surface area (Å²) >= 11 is 2.85. The third-order valence-electron chi connectivity index (χ3n) is 4.31. The van der Waals surface area contributed by atoms with Gasteiger partial charge in [-0.05, 0) is 65.5 Å². The molecule has 1 amide bonds. The third-order valence-corrected chi connectivity index (χ3v) is 6.20. The molecule has 7 heteroatoms. The summed E-state index contributed by atoms with van der Waals surface area (Å²) in [4.78, 5) is 18.8. The van der Waals surface area contributed by atoms with Crippen LogP contribution in [-0.4, -0.2) is 25.1 Å². The number of carbonyl (C=O) groups excluding carboxylic acids is 1. The van der Waals surface area contributed by atoms with Crippen LogP contribution in [0.3, 0.4) is 0 Å². The van der Waals surface area contributed by atoms with Crippen LogP contribution in [-0.2, 0) is 0 Å². The number of hydrogen-bond donors (Lipinski definition) is 1. The van der Waals surface area contributed by atoms with E-state index in [0.29, 0.717) is 10.0 Å². The highest BCUT2D eigenvalue weighted by Gasteiger charge is 2.17. The Labute approximate surface area is 176 Å². The van der Waals surface area contributed by atoms with Crippen LogP contribution in [0.25, 0.3) is 21.7 Å². The fourth-order valence-electron chi connectivity index (χ4n) is 2.82. The largest absolute Gasteiger partial charge is 0.497 e. The Hall–Kier alpha value is -3.16. The number of aromatic nitrogens is 1. The van der Waals surface area contributed by atoms with Crippen molar-refractivity contribution in [3.8, 4) is 33.2 Å². The Balaban J connectivity index is 1.73. The lowest BCUT2D eigenvalue weighted by atomic mass is 10.1. The minimum atomic E-state index is -0.156. The first-order valence-corrected chi connectivity index (χ1v) is 10.5. The summed E-state index contributed by atoms with van der Waals surface area (Å²) in [7, 11) is 3.28. The number of carbonyl (C=O) groups is 1. The third kappa shape index (κ3) is 4.16. The molecule has 0 fully saturated rings. The maximum atomic E-state index is 12.5. The Kier molecular flexibility index (Phi) is 5.59. The molecule has 0 radical (unpaired) electrons. The van der Waals surface area contributed by atoms with Crippen LogP contribution in [0.1, 0.15) is 9.67 Å². The van der Waals surface area contributed by atoms with Gasteiger partial charge in [0.15, 0.2) is 5.13 Å². The Bertz CT molecular complexity index is 1040. The van der Waals surface area contributed by atoms with Gasteiger partial charge in [0.2, 0.25) is 0 Å². The summed E-state index contributed by atoms with van der Waals surface area (Å²) in [6.07, 6.45) is 0. The molecule has 0 spiro atoms. The Morgan fingerprint density at radius 3 is 2.07 bits per heavy atom. The van der Waals surface area contributed by atoms with Crippen molar-refractivity contribution < 1.29 is 14.3 Å². The van der Waals surface area contributed by atoms with E-state index in [2.05, 4.69) is 5.32 Å². The van der Waals surface area contributed by atoms with Crippen LogP contribution >= 0.6 is 22.7 Å². The lowest BCUT2D eigenvalue weighted by molar-refractivity contribution is 0.103. The minimum absolute atomic E-state index is 0.156. The highest BCUT2D eigenvalue weighted by molar-refractivity contribution is 7.19. The summed E-state index contributed by atoms with van der Waals surface area (Å²) in [6.45, 7) is 0. The molecule has 0 saturated carbocycles. The number of thiazole rings is 1. The summed E-state index contributed by atoms with van der Waals surface area (Å²) in [5, 5.41) is 5.35. The molecule has 146 valence electrons. The smallest absolute Gasteiger partial charge is 0.267 e. The maximum Gasteiger partial charge on any atom is 0.267 e. The molecule has 1 N–H and O–H groups in total. The van der Waals surface area contributed by atoms with Crippen molar-refractivity contribution >= 4 is 33.7 Å². The van der Waals surface area contributed by atoms with Crippen LogP contribution in [0.15, 0.2) is 66.0 Å². The van der Waals surface area contributed by atoms with Gasteiger partial charge in [-0.1, -0.05) is 17.4 Å². The van der Waals surface area contributed by atoms with Crippen molar-refractivity contribution in [3.05, 3.63) is 70.9 Å². The first-order chi connectivity index (χ1) is 14.2. The maximum absolute atomic E-state index is 12.5. The molecule has 0 unspecified atom stereocenters. The van der Waals surface area contributed by atoms with Gasteiger partial charge in [-0.2, -0.15) is 0 Å². The molecule has 29 heavy (non-hydrogen) atoms. The van der Waals surface area contributed by atoms with Crippen LogP contribution < -0.4 is 14.8 Å². The number of nitrogens with zero attached hydrogens (tertiary/aromatic N) is 1. The van der Waals surface area contributed by atoms with E-state index >= 15 is 0 Å². The van der Waals surface area contributed by atoms with Gasteiger partial charge in [-0.3, -0.25) is 10.1 Å². The highest BCUT2D eigenvalue weighted by atomic mass is 32.1. The number of anilines is 1. The summed E-state index contributed by atoms with van der Waals surface area (Å²) in [5.74, 6) is 1.41. The van der Waals surface area contributed by atoms with Crippen LogP contribution in [0.5, 0.6) is 11.5 Å². The lowest BCUT2D eigenvalue weighted by Crippen LogP contribution is -2.09. The van der Waals surface area contributed by atoms with E-state index in [1.807, 2.05) is 60.0 Å². The van der Waals surface area contributed by atoms with E-state index in [1.165, 1.54) is 22.7 Å². The van der Waals surface area contributed by atoms with Crippen molar-refractivity contribution in [3.63, 3.8) is 0 Å². The van der Waals surface area contributed by atoms with Gasteiger partial charge >= 0.3 is 0 Å². The Morgan fingerprint density at radius 1 is 0.897 bits per heavy atom. The van der Waals surface area contributed by atoms with Crippen molar-refractivity contribution in [2.75, 3.05) is 19.5 Å². The number of amides is 1. The summed E-state index contributed by atoms with van der Waals surface area (Å²) in [6, 6.07) is 19.2. The molecule has 2 aromatic carbocycles. The van der Waals surface area contributed by atoms with Crippen LogP contribution in [0.4, 0.5) is 5.13 Å². The van der Waals surface area contributed by atoms with Crippen LogP contribution in [0, 0.1) is 0 Å². The minimum Gasteiger partial charge on any atom is -0.497 e. The lowest BCUT2D eigenvalue weighted by Gasteiger charge is -2.05. The van der Waals surface area contributed by atoms with Crippen molar-refractivity contribution in [1.29, 1.82) is 0 Å². The number of hydrogen-bond acceptors (Lipinski definition) is 6. The SMILES string of the molecule is COc1ccc(-c2nc(NC(=O)c3cccs3)sc2-c2ccc(OC)cc2)cc1. The second-order valence-corrected chi connectivity index (χ2v) is 8.03. The molecule has 0 aliphatic rings. The average Bonchev–Trinajstić information content (AvgIpc) is 3.44. The zero-order valence-corrected chi connectivity index (χ0v) is 17.5. The number of methoxy groups -OCH3 is 2. The van der Waals surface area contributed by atoms with Gasteiger partial charge in [0.25, 0.3) is 5.91 Å². The number of nitrogens with one attached hydrogen (secondary N) is 1. The fraction of sp³-hybridized carbons (Fsp3) is 0.0909. The number of benzene rings is 2. The number of thiophene rings is 1. The van der Waals surface area contributed by atoms with Gasteiger partial charge < -0.3 is 9.47 Å². The predicted molar refractivity (Wildman–Crippen MR) is 118 cm³/mol. The fourth-order valence-corrected chi connectivity index (χ4v) is 4.43. The number of ether oxygens (including phenoxy) is 2. The molecular formula is C22H18N2O3S2. The van der Waals surface area contributed by atoms with Crippen molar-refractivity contribution in [2.45, 2.75) is 0 Å². The monoisotopic (exact) mass is 422 g/mol. The van der Waals surface area contributed by atoms with E-state index in [-0.39, 0.29) is 5.91 Å². The van der Waals surface area contributed by atoms with Crippen LogP contribution in [0.2, 0.25) is 0 Å². The highest BCUT2D eigenvalue weighted by Crippen LogP contribution is 2.40. The van der Waals surface area contributed by atoms with E-state index in [1.54, 1.807) is 20.3 Å². The molecule has 0 saturated heterocycles. The van der Waals surface area contributed by atoms with Gasteiger partial charge in [-0.15, -0.1) is 11.3 Å². The standard InChI is InChI=1S/C22H18N2O3S2/c1-26-16-9-5-14(6-10-16)19-20(15-7-11-17(27-2)12-8-15)29-22(23-19)24-21(25)18-4-3-13-28-18/h3-13H,1-2H3,(H,23,24,25). The van der Waals surface area contributed by atoms with Gasteiger partial charge in [0.05, 0.1) is 29.7 Å². The zero-order chi connectivity index (χ0) is 20.2. The van der Waals surface area contributed by atoms with E-state index in [9.17, 15) is 4.79 Å². The molecule has 4 aromatic rings. The molecule has 2 heterocycles.